The minimum Gasteiger partial charge on any atom is -0.288 e. The van der Waals surface area contributed by atoms with Gasteiger partial charge < -0.3 is 0 Å². The number of hydroxylamine groups is 1. The summed E-state index contributed by atoms with van der Waals surface area (Å²) in [5.74, 6) is -0.686. The van der Waals surface area contributed by atoms with Crippen LogP contribution in [0.3, 0.4) is 0 Å². The van der Waals surface area contributed by atoms with Crippen LogP contribution in [0.25, 0.3) is 16.3 Å². The first-order valence-electron chi connectivity index (χ1n) is 12.8. The van der Waals surface area contributed by atoms with Gasteiger partial charge in [-0.15, -0.1) is 0 Å². The van der Waals surface area contributed by atoms with Crippen LogP contribution in [0, 0.1) is 0 Å². The first kappa shape index (κ1) is 26.9. The zero-order valence-corrected chi connectivity index (χ0v) is 22.5. The van der Waals surface area contributed by atoms with Crippen molar-refractivity contribution in [2.75, 3.05) is 10.8 Å². The Morgan fingerprint density at radius 1 is 0.725 bits per heavy atom. The molecule has 0 saturated carbocycles. The van der Waals surface area contributed by atoms with E-state index in [1.165, 1.54) is 10.4 Å². The van der Waals surface area contributed by atoms with Crippen molar-refractivity contribution in [2.24, 2.45) is 0 Å². The number of carbonyl (C=O) groups excluding carboxylic acids is 1. The molecule has 0 radical (unpaired) electrons. The topological polar surface area (TPSA) is 86.7 Å². The van der Waals surface area contributed by atoms with E-state index < -0.39 is 15.9 Å². The van der Waals surface area contributed by atoms with Gasteiger partial charge in [0, 0.05) is 12.6 Å². The van der Waals surface area contributed by atoms with Gasteiger partial charge >= 0.3 is 0 Å². The van der Waals surface area contributed by atoms with Gasteiger partial charge in [0.2, 0.25) is 0 Å². The Morgan fingerprint density at radius 2 is 1.38 bits per heavy atom. The SMILES string of the molecule is O=C(/C=C(/c1ccccc1)c1cccc(N(CCc2ccccc2)S(=O)(=O)c2ccc3ccccc3c2)c1)NO. The average Bonchev–Trinajstić information content (AvgIpc) is 3.00. The highest BCUT2D eigenvalue weighted by atomic mass is 32.2. The van der Waals surface area contributed by atoms with Crippen LogP contribution in [0.4, 0.5) is 5.69 Å². The third-order valence-corrected chi connectivity index (χ3v) is 8.49. The Hall–Kier alpha value is -4.72. The number of nitrogens with zero attached hydrogens (tertiary/aromatic N) is 1. The molecule has 0 bridgehead atoms. The maximum Gasteiger partial charge on any atom is 0.267 e. The molecule has 40 heavy (non-hydrogen) atoms. The normalized spacial score (nSPS) is 11.8. The predicted molar refractivity (Wildman–Crippen MR) is 159 cm³/mol. The van der Waals surface area contributed by atoms with Crippen molar-refractivity contribution in [3.05, 3.63) is 150 Å². The van der Waals surface area contributed by atoms with Crippen LogP contribution in [0.15, 0.2) is 138 Å². The lowest BCUT2D eigenvalue weighted by atomic mass is 9.97. The summed E-state index contributed by atoms with van der Waals surface area (Å²) in [4.78, 5) is 12.4. The van der Waals surface area contributed by atoms with E-state index in [0.29, 0.717) is 23.2 Å². The number of fused-ring (bicyclic) bond motifs is 1. The molecule has 0 atom stereocenters. The van der Waals surface area contributed by atoms with E-state index in [-0.39, 0.29) is 11.4 Å². The van der Waals surface area contributed by atoms with Crippen molar-refractivity contribution in [3.63, 3.8) is 0 Å². The first-order chi connectivity index (χ1) is 19.5. The molecule has 0 spiro atoms. The molecule has 6 nitrogen and oxygen atoms in total. The minimum atomic E-state index is -3.96. The molecule has 0 heterocycles. The smallest absolute Gasteiger partial charge is 0.267 e. The van der Waals surface area contributed by atoms with Crippen molar-refractivity contribution in [1.82, 2.24) is 5.48 Å². The van der Waals surface area contributed by atoms with Crippen molar-refractivity contribution in [2.45, 2.75) is 11.3 Å². The van der Waals surface area contributed by atoms with Crippen molar-refractivity contribution >= 4 is 38.0 Å². The monoisotopic (exact) mass is 548 g/mol. The van der Waals surface area contributed by atoms with Crippen molar-refractivity contribution in [1.29, 1.82) is 0 Å². The largest absolute Gasteiger partial charge is 0.288 e. The zero-order valence-electron chi connectivity index (χ0n) is 21.6. The van der Waals surface area contributed by atoms with Gasteiger partial charge in [0.05, 0.1) is 10.6 Å². The summed E-state index contributed by atoms with van der Waals surface area (Å²) in [6.07, 6.45) is 1.80. The second kappa shape index (κ2) is 12.0. The second-order valence-corrected chi connectivity index (χ2v) is 11.1. The molecule has 7 heteroatoms. The molecule has 5 aromatic rings. The van der Waals surface area contributed by atoms with Gasteiger partial charge in [0.25, 0.3) is 15.9 Å². The fourth-order valence-corrected chi connectivity index (χ4v) is 6.15. The molecule has 0 aliphatic rings. The van der Waals surface area contributed by atoms with Crippen LogP contribution >= 0.6 is 0 Å². The van der Waals surface area contributed by atoms with E-state index in [4.69, 9.17) is 0 Å². The molecule has 1 amide bonds. The third-order valence-electron chi connectivity index (χ3n) is 6.67. The van der Waals surface area contributed by atoms with Crippen LogP contribution in [0.2, 0.25) is 0 Å². The lowest BCUT2D eigenvalue weighted by molar-refractivity contribution is -0.124. The zero-order chi connectivity index (χ0) is 28.0. The Labute approximate surface area is 233 Å². The number of amides is 1. The number of benzene rings is 5. The maximum absolute atomic E-state index is 14.2. The summed E-state index contributed by atoms with van der Waals surface area (Å²) < 4.78 is 29.8. The fourth-order valence-electron chi connectivity index (χ4n) is 4.66. The van der Waals surface area contributed by atoms with E-state index in [1.807, 2.05) is 97.1 Å². The summed E-state index contributed by atoms with van der Waals surface area (Å²) in [5.41, 5.74) is 5.05. The van der Waals surface area contributed by atoms with Crippen LogP contribution < -0.4 is 9.79 Å². The van der Waals surface area contributed by atoms with Crippen LogP contribution in [-0.2, 0) is 21.2 Å². The molecular formula is C33H28N2O4S. The summed E-state index contributed by atoms with van der Waals surface area (Å²) >= 11 is 0. The van der Waals surface area contributed by atoms with Crippen LogP contribution in [-0.4, -0.2) is 26.1 Å². The molecule has 2 N–H and O–H groups in total. The predicted octanol–water partition coefficient (Wildman–Crippen LogP) is 6.21. The molecule has 0 fully saturated rings. The van der Waals surface area contributed by atoms with E-state index >= 15 is 0 Å². The molecule has 0 unspecified atom stereocenters. The number of sulfonamides is 1. The summed E-state index contributed by atoms with van der Waals surface area (Å²) in [6, 6.07) is 38.9. The minimum absolute atomic E-state index is 0.197. The highest BCUT2D eigenvalue weighted by molar-refractivity contribution is 7.92. The summed E-state index contributed by atoms with van der Waals surface area (Å²) in [7, 11) is -3.96. The summed E-state index contributed by atoms with van der Waals surface area (Å²) in [6.45, 7) is 0.212. The fraction of sp³-hybridized carbons (Fsp3) is 0.0606. The van der Waals surface area contributed by atoms with Gasteiger partial charge in [0.1, 0.15) is 0 Å². The average molecular weight is 549 g/mol. The second-order valence-electron chi connectivity index (χ2n) is 9.27. The number of hydrogen-bond acceptors (Lipinski definition) is 4. The standard InChI is InChI=1S/C33H28N2O4S/c36-33(34-37)24-32(27-13-5-2-6-14-27)29-16-9-17-30(22-29)35(21-20-25-10-3-1-4-11-25)40(38,39)31-19-18-26-12-7-8-15-28(26)23-31/h1-19,22-24,37H,20-21H2,(H,34,36)/b32-24-. The van der Waals surface area contributed by atoms with E-state index in [1.54, 1.807) is 35.8 Å². The Bertz CT molecular complexity index is 1770. The highest BCUT2D eigenvalue weighted by Gasteiger charge is 2.26. The molecule has 200 valence electrons. The lowest BCUT2D eigenvalue weighted by Crippen LogP contribution is -2.33. The Morgan fingerprint density at radius 3 is 2.10 bits per heavy atom. The number of nitrogens with one attached hydrogen (secondary N) is 1. The molecule has 5 aromatic carbocycles. The van der Waals surface area contributed by atoms with Crippen molar-refractivity contribution < 1.29 is 18.4 Å². The highest BCUT2D eigenvalue weighted by Crippen LogP contribution is 2.31. The third kappa shape index (κ3) is 5.96. The van der Waals surface area contributed by atoms with Gasteiger partial charge in [-0.05, 0) is 63.7 Å². The molecule has 0 aromatic heterocycles. The number of hydrogen-bond donors (Lipinski definition) is 2. The molecular weight excluding hydrogens is 520 g/mol. The molecule has 0 aliphatic carbocycles. The molecule has 5 rings (SSSR count). The van der Waals surface area contributed by atoms with E-state index in [0.717, 1.165) is 21.9 Å². The Balaban J connectivity index is 1.60. The Kier molecular flexibility index (Phi) is 8.05. The van der Waals surface area contributed by atoms with Crippen LogP contribution in [0.5, 0.6) is 0 Å². The van der Waals surface area contributed by atoms with Gasteiger partial charge in [-0.1, -0.05) is 103 Å². The maximum atomic E-state index is 14.2. The number of carbonyl (C=O) groups is 1. The van der Waals surface area contributed by atoms with Crippen LogP contribution in [0.1, 0.15) is 16.7 Å². The van der Waals surface area contributed by atoms with E-state index in [2.05, 4.69) is 0 Å². The number of anilines is 1. The first-order valence-corrected chi connectivity index (χ1v) is 14.3. The lowest BCUT2D eigenvalue weighted by Gasteiger charge is -2.26. The number of rotatable bonds is 9. The van der Waals surface area contributed by atoms with E-state index in [9.17, 15) is 18.4 Å². The van der Waals surface area contributed by atoms with Gasteiger partial charge in [-0.25, -0.2) is 13.9 Å². The summed E-state index contributed by atoms with van der Waals surface area (Å²) in [5, 5.41) is 11.0. The molecule has 0 saturated heterocycles. The van der Waals surface area contributed by atoms with Gasteiger partial charge in [0.15, 0.2) is 0 Å². The van der Waals surface area contributed by atoms with Gasteiger partial charge in [-0.3, -0.25) is 14.3 Å². The quantitative estimate of drug-likeness (QED) is 0.130. The van der Waals surface area contributed by atoms with Crippen molar-refractivity contribution in [3.8, 4) is 0 Å². The van der Waals surface area contributed by atoms with Gasteiger partial charge in [-0.2, -0.15) is 0 Å². The molecule has 0 aliphatic heterocycles.